The fourth-order valence-electron chi connectivity index (χ4n) is 3.76. The van der Waals surface area contributed by atoms with E-state index in [0.29, 0.717) is 5.92 Å². The van der Waals surface area contributed by atoms with Crippen LogP contribution < -0.4 is 0 Å². The third-order valence-electron chi connectivity index (χ3n) is 4.97. The number of aliphatic hydroxyl groups excluding tert-OH is 1. The molecule has 1 N–H and O–H groups in total. The molecule has 0 amide bonds. The second-order valence-corrected chi connectivity index (χ2v) is 8.07. The lowest BCUT2D eigenvalue weighted by Gasteiger charge is -2.45. The van der Waals surface area contributed by atoms with Crippen LogP contribution in [0.3, 0.4) is 0 Å². The number of benzene rings is 1. The first kappa shape index (κ1) is 15.0. The molecule has 3 aliphatic carbocycles. The van der Waals surface area contributed by atoms with E-state index in [1.165, 1.54) is 0 Å². The van der Waals surface area contributed by atoms with E-state index in [1.807, 2.05) is 6.92 Å². The summed E-state index contributed by atoms with van der Waals surface area (Å²) in [6.07, 6.45) is 3.71. The van der Waals surface area contributed by atoms with Crippen LogP contribution in [0.15, 0.2) is 29.2 Å². The van der Waals surface area contributed by atoms with Crippen LogP contribution in [0.25, 0.3) is 0 Å². The van der Waals surface area contributed by atoms with Crippen molar-refractivity contribution in [2.75, 3.05) is 6.61 Å². The first-order chi connectivity index (χ1) is 9.95. The van der Waals surface area contributed by atoms with Crippen LogP contribution in [-0.4, -0.2) is 26.2 Å². The lowest BCUT2D eigenvalue weighted by molar-refractivity contribution is -0.0485. The molecule has 0 aromatic heterocycles. The second-order valence-electron chi connectivity index (χ2n) is 6.46. The Labute approximate surface area is 126 Å². The Balaban J connectivity index is 1.65. The molecule has 4 atom stereocenters. The van der Waals surface area contributed by atoms with Gasteiger partial charge >= 0.3 is 0 Å². The van der Waals surface area contributed by atoms with Crippen molar-refractivity contribution < 1.29 is 17.7 Å². The fourth-order valence-corrected chi connectivity index (χ4v) is 4.72. The van der Waals surface area contributed by atoms with Gasteiger partial charge < -0.3 is 5.11 Å². The largest absolute Gasteiger partial charge is 0.393 e. The summed E-state index contributed by atoms with van der Waals surface area (Å²) in [5.41, 5.74) is 1.02. The van der Waals surface area contributed by atoms with Gasteiger partial charge in [-0.15, -0.1) is 0 Å². The van der Waals surface area contributed by atoms with Crippen LogP contribution in [0.4, 0.5) is 0 Å². The molecular weight excluding hydrogens is 288 g/mol. The van der Waals surface area contributed by atoms with E-state index in [4.69, 9.17) is 4.18 Å². The van der Waals surface area contributed by atoms with Crippen molar-refractivity contribution in [3.8, 4) is 0 Å². The highest BCUT2D eigenvalue weighted by atomic mass is 32.2. The van der Waals surface area contributed by atoms with Crippen LogP contribution in [0.1, 0.15) is 31.2 Å². The van der Waals surface area contributed by atoms with Gasteiger partial charge in [0.1, 0.15) is 0 Å². The molecule has 2 bridgehead atoms. The summed E-state index contributed by atoms with van der Waals surface area (Å²) in [4.78, 5) is 0.203. The van der Waals surface area contributed by atoms with Crippen LogP contribution in [0, 0.1) is 24.7 Å². The summed E-state index contributed by atoms with van der Waals surface area (Å²) in [7, 11) is -3.69. The molecule has 3 saturated carbocycles. The topological polar surface area (TPSA) is 63.6 Å². The van der Waals surface area contributed by atoms with E-state index in [-0.39, 0.29) is 29.4 Å². The molecule has 0 radical (unpaired) electrons. The Morgan fingerprint density at radius 3 is 2.52 bits per heavy atom. The van der Waals surface area contributed by atoms with E-state index < -0.39 is 10.1 Å². The van der Waals surface area contributed by atoms with E-state index >= 15 is 0 Å². The highest BCUT2D eigenvalue weighted by Gasteiger charge is 2.41. The number of fused-ring (bicyclic) bond motifs is 3. The molecular formula is C16H22O4S. The van der Waals surface area contributed by atoms with Crippen molar-refractivity contribution >= 4 is 10.1 Å². The zero-order valence-electron chi connectivity index (χ0n) is 12.2. The first-order valence-corrected chi connectivity index (χ1v) is 9.01. The SMILES string of the molecule is Cc1ccc(S(=O)(=O)OC[C@@H]2C[C@@H]3CC[C@@H]2[C@@H](O)C3)cc1. The van der Waals surface area contributed by atoms with Gasteiger partial charge in [-0.05, 0) is 62.5 Å². The van der Waals surface area contributed by atoms with Gasteiger partial charge in [-0.25, -0.2) is 0 Å². The van der Waals surface area contributed by atoms with Crippen molar-refractivity contribution in [2.24, 2.45) is 17.8 Å². The molecule has 0 heterocycles. The zero-order chi connectivity index (χ0) is 15.0. The standard InChI is InChI=1S/C16H22O4S/c1-11-2-5-14(6-3-11)21(18,19)20-10-13-8-12-4-7-15(13)16(17)9-12/h2-3,5-6,12-13,15-17H,4,7-10H2,1H3/t12-,13-,15-,16-/m0/s1. The Morgan fingerprint density at radius 2 is 1.90 bits per heavy atom. The van der Waals surface area contributed by atoms with E-state index in [0.717, 1.165) is 31.2 Å². The molecule has 1 aromatic rings. The number of hydrogen-bond donors (Lipinski definition) is 1. The lowest BCUT2D eigenvalue weighted by Crippen LogP contribution is -2.43. The maximum atomic E-state index is 12.2. The van der Waals surface area contributed by atoms with Crippen molar-refractivity contribution in [3.05, 3.63) is 29.8 Å². The predicted octanol–water partition coefficient (Wildman–Crippen LogP) is 2.50. The molecule has 3 fully saturated rings. The molecule has 0 aliphatic heterocycles. The Morgan fingerprint density at radius 1 is 1.19 bits per heavy atom. The Kier molecular flexibility index (Phi) is 4.08. The normalized spacial score (nSPS) is 32.3. The van der Waals surface area contributed by atoms with E-state index in [2.05, 4.69) is 0 Å². The lowest BCUT2D eigenvalue weighted by atomic mass is 9.63. The van der Waals surface area contributed by atoms with Gasteiger partial charge in [0.2, 0.25) is 0 Å². The zero-order valence-corrected chi connectivity index (χ0v) is 13.1. The molecule has 4 nitrogen and oxygen atoms in total. The average molecular weight is 310 g/mol. The van der Waals surface area contributed by atoms with Crippen molar-refractivity contribution in [2.45, 2.75) is 43.6 Å². The Bertz CT molecular complexity index is 593. The second kappa shape index (κ2) is 5.71. The number of hydrogen-bond acceptors (Lipinski definition) is 4. The monoisotopic (exact) mass is 310 g/mol. The third-order valence-corrected chi connectivity index (χ3v) is 6.26. The minimum atomic E-state index is -3.69. The fraction of sp³-hybridized carbons (Fsp3) is 0.625. The summed E-state index contributed by atoms with van der Waals surface area (Å²) in [6.45, 7) is 2.10. The highest BCUT2D eigenvalue weighted by molar-refractivity contribution is 7.86. The Hall–Kier alpha value is -0.910. The quantitative estimate of drug-likeness (QED) is 0.868. The molecule has 21 heavy (non-hydrogen) atoms. The van der Waals surface area contributed by atoms with Crippen LogP contribution in [0.2, 0.25) is 0 Å². The summed E-state index contributed by atoms with van der Waals surface area (Å²) < 4.78 is 29.6. The van der Waals surface area contributed by atoms with Gasteiger partial charge in [-0.2, -0.15) is 8.42 Å². The maximum absolute atomic E-state index is 12.2. The molecule has 0 spiro atoms. The van der Waals surface area contributed by atoms with Crippen LogP contribution in [0.5, 0.6) is 0 Å². The summed E-state index contributed by atoms with van der Waals surface area (Å²) in [5.74, 6) is 0.886. The smallest absolute Gasteiger partial charge is 0.296 e. The van der Waals surface area contributed by atoms with Crippen molar-refractivity contribution in [3.63, 3.8) is 0 Å². The van der Waals surface area contributed by atoms with Gasteiger partial charge in [0.15, 0.2) is 0 Å². The van der Waals surface area contributed by atoms with Gasteiger partial charge in [-0.1, -0.05) is 17.7 Å². The summed E-state index contributed by atoms with van der Waals surface area (Å²) in [6, 6.07) is 6.68. The van der Waals surface area contributed by atoms with Crippen molar-refractivity contribution in [1.82, 2.24) is 0 Å². The molecule has 4 rings (SSSR count). The van der Waals surface area contributed by atoms with E-state index in [1.54, 1.807) is 24.3 Å². The molecule has 116 valence electrons. The van der Waals surface area contributed by atoms with Gasteiger partial charge in [-0.3, -0.25) is 4.18 Å². The first-order valence-electron chi connectivity index (χ1n) is 7.60. The van der Waals surface area contributed by atoms with Gasteiger partial charge in [0.05, 0.1) is 17.6 Å². The molecule has 3 aliphatic rings. The van der Waals surface area contributed by atoms with Crippen molar-refractivity contribution in [1.29, 1.82) is 0 Å². The summed E-state index contributed by atoms with van der Waals surface area (Å²) in [5, 5.41) is 10.0. The maximum Gasteiger partial charge on any atom is 0.296 e. The van der Waals surface area contributed by atoms with Crippen LogP contribution >= 0.6 is 0 Å². The average Bonchev–Trinajstić information content (AvgIpc) is 2.46. The third kappa shape index (κ3) is 3.15. The van der Waals surface area contributed by atoms with Crippen LogP contribution in [-0.2, 0) is 14.3 Å². The molecule has 5 heteroatoms. The molecule has 1 aromatic carbocycles. The van der Waals surface area contributed by atoms with Gasteiger partial charge in [0.25, 0.3) is 10.1 Å². The molecule has 0 saturated heterocycles. The number of aryl methyl sites for hydroxylation is 1. The number of rotatable bonds is 4. The van der Waals surface area contributed by atoms with E-state index in [9.17, 15) is 13.5 Å². The summed E-state index contributed by atoms with van der Waals surface area (Å²) >= 11 is 0. The minimum Gasteiger partial charge on any atom is -0.393 e. The molecule has 0 unspecified atom stereocenters. The highest BCUT2D eigenvalue weighted by Crippen LogP contribution is 2.45. The number of aliphatic hydroxyl groups is 1. The minimum absolute atomic E-state index is 0.160. The van der Waals surface area contributed by atoms with Gasteiger partial charge in [0, 0.05) is 0 Å². The predicted molar refractivity (Wildman–Crippen MR) is 79.3 cm³/mol.